The molecule has 0 saturated heterocycles. The summed E-state index contributed by atoms with van der Waals surface area (Å²) in [5, 5.41) is 7.29. The van der Waals surface area contributed by atoms with Crippen LogP contribution >= 0.6 is 0 Å². The standard InChI is InChI=1S/CHNSe.H2O4Se/c2-1-3;1-5(2,3)4/h3H;(H2,1,2,3,4). The summed E-state index contributed by atoms with van der Waals surface area (Å²) < 4.78 is 31.9. The van der Waals surface area contributed by atoms with Gasteiger partial charge in [0, 0.05) is 0 Å². The Morgan fingerprint density at radius 3 is 1.50 bits per heavy atom. The predicted molar refractivity (Wildman–Crippen MR) is 24.3 cm³/mol. The minimum absolute atomic E-state index is 1.69. The molecule has 2 N–H and O–H groups in total. The topological polar surface area (TPSA) is 98.4 Å². The molecule has 0 heterocycles. The van der Waals surface area contributed by atoms with Crippen molar-refractivity contribution in [3.63, 3.8) is 0 Å². The fourth-order valence-electron chi connectivity index (χ4n) is 0. The van der Waals surface area contributed by atoms with Crippen LogP contribution in [0.3, 0.4) is 0 Å². The molecule has 0 amide bonds. The van der Waals surface area contributed by atoms with Crippen molar-refractivity contribution in [2.24, 2.45) is 0 Å². The summed E-state index contributed by atoms with van der Waals surface area (Å²) in [6, 6.07) is 0. The van der Waals surface area contributed by atoms with Crippen LogP contribution in [0.25, 0.3) is 0 Å². The SMILES string of the molecule is N#C[SeH].O=[Se](=O)(O)O. The van der Waals surface area contributed by atoms with Crippen molar-refractivity contribution in [2.75, 3.05) is 0 Å². The van der Waals surface area contributed by atoms with Gasteiger partial charge < -0.3 is 0 Å². The zero-order chi connectivity index (χ0) is 7.21. The number of rotatable bonds is 0. The van der Waals surface area contributed by atoms with Crippen LogP contribution in [0.4, 0.5) is 0 Å². The summed E-state index contributed by atoms with van der Waals surface area (Å²) in [5.41, 5.74) is 0. The molecule has 0 atom stereocenters. The molecule has 8 heavy (non-hydrogen) atoms. The van der Waals surface area contributed by atoms with Crippen LogP contribution in [-0.2, 0) is 7.67 Å². The number of hydrogen-bond donors (Lipinski definition) is 2. The van der Waals surface area contributed by atoms with Gasteiger partial charge in [-0.25, -0.2) is 0 Å². The first-order valence-corrected chi connectivity index (χ1v) is 5.01. The first kappa shape index (κ1) is 10.9. The van der Waals surface area contributed by atoms with Gasteiger partial charge in [0.25, 0.3) is 0 Å². The third kappa shape index (κ3) is 64300. The summed E-state index contributed by atoms with van der Waals surface area (Å²) in [6.45, 7) is 0. The van der Waals surface area contributed by atoms with Crippen LogP contribution < -0.4 is 0 Å². The number of hydrogen-bond acceptors (Lipinski definition) is 3. The fourth-order valence-corrected chi connectivity index (χ4v) is 0. The molecule has 0 saturated carbocycles. The summed E-state index contributed by atoms with van der Waals surface area (Å²) in [7, 11) is 0. The van der Waals surface area contributed by atoms with Crippen LogP contribution in [0, 0.1) is 10.2 Å². The first-order valence-electron chi connectivity index (χ1n) is 1.15. The van der Waals surface area contributed by atoms with E-state index in [4.69, 9.17) is 21.3 Å². The molecule has 0 aliphatic rings. The van der Waals surface area contributed by atoms with Gasteiger partial charge in [-0.2, -0.15) is 0 Å². The minimum atomic E-state index is -5.25. The van der Waals surface area contributed by atoms with Crippen LogP contribution in [-0.4, -0.2) is 37.8 Å². The van der Waals surface area contributed by atoms with Gasteiger partial charge in [-0.1, -0.05) is 0 Å². The van der Waals surface area contributed by atoms with Crippen LogP contribution in [0.5, 0.6) is 0 Å². The summed E-state index contributed by atoms with van der Waals surface area (Å²) in [4.78, 5) is 1.69. The summed E-state index contributed by atoms with van der Waals surface area (Å²) in [6.07, 6.45) is 0. The Kier molecular flexibility index (Phi) is 7.09. The quantitative estimate of drug-likeness (QED) is 0.469. The molecule has 0 fully saturated rings. The fraction of sp³-hybridized carbons (Fsp3) is 0. The van der Waals surface area contributed by atoms with Crippen LogP contribution in [0.1, 0.15) is 0 Å². The molecule has 0 radical (unpaired) electrons. The van der Waals surface area contributed by atoms with Gasteiger partial charge >= 0.3 is 55.7 Å². The van der Waals surface area contributed by atoms with E-state index in [1.54, 1.807) is 21.0 Å². The molecular weight excluding hydrogens is 248 g/mol. The molecule has 5 nitrogen and oxygen atoms in total. The molecule has 0 aliphatic carbocycles. The Morgan fingerprint density at radius 2 is 1.50 bits per heavy atom. The van der Waals surface area contributed by atoms with Gasteiger partial charge in [-0.15, -0.1) is 0 Å². The molecule has 0 bridgehead atoms. The average molecular weight is 251 g/mol. The maximum atomic E-state index is 8.82. The Bertz CT molecular complexity index is 155. The third-order valence-electron chi connectivity index (χ3n) is 0. The van der Waals surface area contributed by atoms with E-state index in [1.165, 1.54) is 0 Å². The van der Waals surface area contributed by atoms with Crippen molar-refractivity contribution >= 4 is 29.4 Å². The Morgan fingerprint density at radius 1 is 1.50 bits per heavy atom. The van der Waals surface area contributed by atoms with E-state index < -0.39 is 13.4 Å². The van der Waals surface area contributed by atoms with Crippen LogP contribution in [0.2, 0.25) is 0 Å². The van der Waals surface area contributed by atoms with E-state index in [0.717, 1.165) is 0 Å². The van der Waals surface area contributed by atoms with Gasteiger partial charge in [0.1, 0.15) is 0 Å². The van der Waals surface area contributed by atoms with Crippen LogP contribution in [0.15, 0.2) is 0 Å². The Labute approximate surface area is 56.0 Å². The maximum absolute atomic E-state index is 8.82. The molecule has 7 heteroatoms. The second-order valence-electron chi connectivity index (χ2n) is 0.548. The Balaban J connectivity index is 0. The van der Waals surface area contributed by atoms with E-state index >= 15 is 0 Å². The molecule has 0 aromatic heterocycles. The van der Waals surface area contributed by atoms with Gasteiger partial charge in [0.05, 0.1) is 0 Å². The van der Waals surface area contributed by atoms with Crippen molar-refractivity contribution in [2.45, 2.75) is 0 Å². The zero-order valence-electron chi connectivity index (χ0n) is 3.51. The molecule has 0 aliphatic heterocycles. The van der Waals surface area contributed by atoms with Gasteiger partial charge in [0.2, 0.25) is 0 Å². The van der Waals surface area contributed by atoms with E-state index in [9.17, 15) is 0 Å². The van der Waals surface area contributed by atoms with Crippen molar-refractivity contribution in [1.82, 2.24) is 0 Å². The monoisotopic (exact) mass is 253 g/mol. The molecular formula is CH3NO4Se2. The van der Waals surface area contributed by atoms with Crippen molar-refractivity contribution in [3.8, 4) is 4.97 Å². The van der Waals surface area contributed by atoms with Gasteiger partial charge in [-0.05, 0) is 0 Å². The predicted octanol–water partition coefficient (Wildman–Crippen LogP) is -2.36. The second-order valence-corrected chi connectivity index (χ2v) is 2.85. The second kappa shape index (κ2) is 5.19. The summed E-state index contributed by atoms with van der Waals surface area (Å²) >= 11 is -3.48. The normalized spacial score (nSPS) is 8.25. The van der Waals surface area contributed by atoms with E-state index in [2.05, 4.69) is 0 Å². The van der Waals surface area contributed by atoms with Crippen molar-refractivity contribution in [1.29, 1.82) is 5.26 Å². The first-order chi connectivity index (χ1) is 3.41. The zero-order valence-corrected chi connectivity index (χ0v) is 7.10. The number of nitriles is 1. The van der Waals surface area contributed by atoms with E-state index in [1.807, 2.05) is 0 Å². The molecule has 48 valence electrons. The van der Waals surface area contributed by atoms with Gasteiger partial charge in [-0.3, -0.25) is 0 Å². The Hall–Kier alpha value is 0.0490. The van der Waals surface area contributed by atoms with Gasteiger partial charge in [0.15, 0.2) is 0 Å². The molecule has 0 aromatic carbocycles. The molecule has 0 unspecified atom stereocenters. The average Bonchev–Trinajstić information content (AvgIpc) is 1.27. The van der Waals surface area contributed by atoms with E-state index in [0.29, 0.717) is 0 Å². The number of nitrogens with zero attached hydrogens (tertiary/aromatic N) is 1. The molecule has 0 rings (SSSR count). The molecule has 0 aromatic rings. The molecule has 0 spiro atoms. The third-order valence-corrected chi connectivity index (χ3v) is 0. The summed E-state index contributed by atoms with van der Waals surface area (Å²) in [5.74, 6) is 0. The van der Waals surface area contributed by atoms with Crippen molar-refractivity contribution < 1.29 is 16.0 Å². The van der Waals surface area contributed by atoms with E-state index in [-0.39, 0.29) is 0 Å². The van der Waals surface area contributed by atoms with Crippen molar-refractivity contribution in [3.05, 3.63) is 0 Å².